The molecule has 0 heterocycles. The minimum Gasteiger partial charge on any atom is -0.317 e. The van der Waals surface area contributed by atoms with E-state index in [0.29, 0.717) is 12.0 Å². The summed E-state index contributed by atoms with van der Waals surface area (Å²) in [6, 6.07) is 4.67. The Balaban J connectivity index is 1.86. The molecule has 3 heteroatoms. The monoisotopic (exact) mass is 281 g/mol. The summed E-state index contributed by atoms with van der Waals surface area (Å²) < 4.78 is 26.9. The normalized spacial score (nSPS) is 18.1. The van der Waals surface area contributed by atoms with Crippen LogP contribution in [0.15, 0.2) is 18.2 Å². The van der Waals surface area contributed by atoms with E-state index in [1.165, 1.54) is 44.6 Å². The molecule has 0 saturated heterocycles. The first kappa shape index (κ1) is 15.4. The molecular formula is C17H25F2N. The molecule has 0 aromatic heterocycles. The average molecular weight is 281 g/mol. The average Bonchev–Trinajstić information content (AvgIpc) is 2.49. The maximum atomic E-state index is 13.7. The number of likely N-dealkylation sites (N-methyl/N-ethyl adjacent to an activating group) is 1. The van der Waals surface area contributed by atoms with E-state index >= 15 is 0 Å². The Morgan fingerprint density at radius 1 is 1.20 bits per heavy atom. The molecule has 1 fully saturated rings. The minimum absolute atomic E-state index is 0.230. The Labute approximate surface area is 120 Å². The van der Waals surface area contributed by atoms with Crippen LogP contribution >= 0.6 is 0 Å². The van der Waals surface area contributed by atoms with Crippen molar-refractivity contribution >= 4 is 0 Å². The van der Waals surface area contributed by atoms with E-state index in [4.69, 9.17) is 0 Å². The molecule has 1 N–H and O–H groups in total. The topological polar surface area (TPSA) is 12.0 Å². The second-order valence-electron chi connectivity index (χ2n) is 5.98. The molecule has 0 spiro atoms. The third kappa shape index (κ3) is 4.27. The van der Waals surface area contributed by atoms with E-state index in [9.17, 15) is 8.78 Å². The summed E-state index contributed by atoms with van der Waals surface area (Å²) in [5.74, 6) is -0.605. The molecule has 0 aliphatic heterocycles. The summed E-state index contributed by atoms with van der Waals surface area (Å²) >= 11 is 0. The first-order valence-electron chi connectivity index (χ1n) is 7.81. The van der Waals surface area contributed by atoms with E-state index in [2.05, 4.69) is 5.32 Å². The highest BCUT2D eigenvalue weighted by Gasteiger charge is 2.17. The summed E-state index contributed by atoms with van der Waals surface area (Å²) in [5, 5.41) is 3.25. The molecule has 112 valence electrons. The van der Waals surface area contributed by atoms with Crippen molar-refractivity contribution < 1.29 is 8.78 Å². The first-order chi connectivity index (χ1) is 9.70. The van der Waals surface area contributed by atoms with Crippen molar-refractivity contribution in [3.63, 3.8) is 0 Å². The van der Waals surface area contributed by atoms with Crippen LogP contribution in [0.4, 0.5) is 8.78 Å². The molecule has 1 nitrogen and oxygen atoms in total. The van der Waals surface area contributed by atoms with Gasteiger partial charge in [0.15, 0.2) is 11.6 Å². The molecule has 1 aliphatic carbocycles. The van der Waals surface area contributed by atoms with Gasteiger partial charge in [-0.3, -0.25) is 0 Å². The molecule has 20 heavy (non-hydrogen) atoms. The molecule has 1 atom stereocenters. The van der Waals surface area contributed by atoms with E-state index in [0.717, 1.165) is 12.3 Å². The summed E-state index contributed by atoms with van der Waals surface area (Å²) in [5.41, 5.74) is 0.480. The molecule has 1 saturated carbocycles. The molecule has 1 aromatic carbocycles. The van der Waals surface area contributed by atoms with Crippen LogP contribution < -0.4 is 5.32 Å². The third-order valence-electron chi connectivity index (χ3n) is 4.55. The van der Waals surface area contributed by atoms with Crippen LogP contribution in [0.5, 0.6) is 0 Å². The fourth-order valence-electron chi connectivity index (χ4n) is 3.23. The lowest BCUT2D eigenvalue weighted by molar-refractivity contribution is 0.315. The van der Waals surface area contributed by atoms with Crippen molar-refractivity contribution in [1.29, 1.82) is 0 Å². The smallest absolute Gasteiger partial charge is 0.162 e. The molecule has 0 radical (unpaired) electrons. The summed E-state index contributed by atoms with van der Waals surface area (Å²) in [6.45, 7) is 0. The van der Waals surface area contributed by atoms with Crippen molar-refractivity contribution in [1.82, 2.24) is 5.32 Å². The van der Waals surface area contributed by atoms with E-state index in [1.807, 2.05) is 7.05 Å². The lowest BCUT2D eigenvalue weighted by atomic mass is 9.84. The number of rotatable bonds is 6. The van der Waals surface area contributed by atoms with Crippen LogP contribution in [0.1, 0.15) is 50.5 Å². The van der Waals surface area contributed by atoms with Gasteiger partial charge in [0, 0.05) is 6.04 Å². The molecule has 1 aromatic rings. The Bertz CT molecular complexity index is 413. The zero-order chi connectivity index (χ0) is 14.4. The maximum absolute atomic E-state index is 13.7. The van der Waals surface area contributed by atoms with Crippen LogP contribution in [0.25, 0.3) is 0 Å². The van der Waals surface area contributed by atoms with Gasteiger partial charge >= 0.3 is 0 Å². The van der Waals surface area contributed by atoms with Crippen molar-refractivity contribution in [2.24, 2.45) is 5.92 Å². The standard InChI is InChI=1S/C17H25F2N/c1-20-15(11-10-13-6-3-2-4-7-13)12-14-8-5-9-16(18)17(14)19/h5,8-9,13,15,20H,2-4,6-7,10-12H2,1H3. The van der Waals surface area contributed by atoms with Crippen LogP contribution in [-0.2, 0) is 6.42 Å². The second-order valence-corrected chi connectivity index (χ2v) is 5.98. The Morgan fingerprint density at radius 3 is 2.65 bits per heavy atom. The molecule has 1 unspecified atom stereocenters. The zero-order valence-corrected chi connectivity index (χ0v) is 12.3. The maximum Gasteiger partial charge on any atom is 0.162 e. The molecule has 1 aliphatic rings. The molecular weight excluding hydrogens is 256 g/mol. The summed E-state index contributed by atoms with van der Waals surface area (Å²) in [7, 11) is 1.91. The fourth-order valence-corrected chi connectivity index (χ4v) is 3.23. The second kappa shape index (κ2) is 7.72. The first-order valence-corrected chi connectivity index (χ1v) is 7.81. The number of halogens is 2. The summed E-state index contributed by atoms with van der Waals surface area (Å²) in [6.07, 6.45) is 9.56. The van der Waals surface area contributed by atoms with E-state index < -0.39 is 11.6 Å². The van der Waals surface area contributed by atoms with Gasteiger partial charge in [0.25, 0.3) is 0 Å². The van der Waals surface area contributed by atoms with E-state index in [1.54, 1.807) is 12.1 Å². The Hall–Kier alpha value is -0.960. The molecule has 0 amide bonds. The van der Waals surface area contributed by atoms with Crippen molar-refractivity contribution in [3.05, 3.63) is 35.4 Å². The molecule has 0 bridgehead atoms. The van der Waals surface area contributed by atoms with Gasteiger partial charge in [0.2, 0.25) is 0 Å². The number of hydrogen-bond acceptors (Lipinski definition) is 1. The highest BCUT2D eigenvalue weighted by molar-refractivity contribution is 5.20. The van der Waals surface area contributed by atoms with Crippen LogP contribution in [0.2, 0.25) is 0 Å². The van der Waals surface area contributed by atoms with Crippen LogP contribution in [-0.4, -0.2) is 13.1 Å². The third-order valence-corrected chi connectivity index (χ3v) is 4.55. The zero-order valence-electron chi connectivity index (χ0n) is 12.3. The highest BCUT2D eigenvalue weighted by atomic mass is 19.2. The van der Waals surface area contributed by atoms with Gasteiger partial charge in [0.1, 0.15) is 0 Å². The number of benzene rings is 1. The minimum atomic E-state index is -0.746. The van der Waals surface area contributed by atoms with Gasteiger partial charge in [-0.05, 0) is 43.9 Å². The Morgan fingerprint density at radius 2 is 1.95 bits per heavy atom. The SMILES string of the molecule is CNC(CCC1CCCCC1)Cc1cccc(F)c1F. The van der Waals surface area contributed by atoms with E-state index in [-0.39, 0.29) is 6.04 Å². The highest BCUT2D eigenvalue weighted by Crippen LogP contribution is 2.28. The quantitative estimate of drug-likeness (QED) is 0.812. The summed E-state index contributed by atoms with van der Waals surface area (Å²) in [4.78, 5) is 0. The predicted octanol–water partition coefficient (Wildman–Crippen LogP) is 4.46. The van der Waals surface area contributed by atoms with Crippen molar-refractivity contribution in [2.75, 3.05) is 7.05 Å². The van der Waals surface area contributed by atoms with Crippen LogP contribution in [0, 0.1) is 17.6 Å². The fraction of sp³-hybridized carbons (Fsp3) is 0.647. The van der Waals surface area contributed by atoms with Crippen molar-refractivity contribution in [2.45, 2.75) is 57.4 Å². The van der Waals surface area contributed by atoms with Crippen molar-refractivity contribution in [3.8, 4) is 0 Å². The van der Waals surface area contributed by atoms with Gasteiger partial charge in [-0.15, -0.1) is 0 Å². The lowest BCUT2D eigenvalue weighted by Crippen LogP contribution is -2.29. The van der Waals surface area contributed by atoms with Gasteiger partial charge in [-0.25, -0.2) is 8.78 Å². The van der Waals surface area contributed by atoms with Gasteiger partial charge < -0.3 is 5.32 Å². The molecule has 2 rings (SSSR count). The van der Waals surface area contributed by atoms with Gasteiger partial charge in [0.05, 0.1) is 0 Å². The van der Waals surface area contributed by atoms with Gasteiger partial charge in [-0.1, -0.05) is 44.2 Å². The van der Waals surface area contributed by atoms with Gasteiger partial charge in [-0.2, -0.15) is 0 Å². The van der Waals surface area contributed by atoms with Crippen LogP contribution in [0.3, 0.4) is 0 Å². The number of nitrogens with one attached hydrogen (secondary N) is 1. The lowest BCUT2D eigenvalue weighted by Gasteiger charge is -2.24. The number of hydrogen-bond donors (Lipinski definition) is 1. The Kier molecular flexibility index (Phi) is 5.96. The largest absolute Gasteiger partial charge is 0.317 e. The predicted molar refractivity (Wildman–Crippen MR) is 78.7 cm³/mol.